The Balaban J connectivity index is 1.53. The second-order valence-corrected chi connectivity index (χ2v) is 10.0. The largest absolute Gasteiger partial charge is 0.314 e. The van der Waals surface area contributed by atoms with E-state index in [-0.39, 0.29) is 17.8 Å². The van der Waals surface area contributed by atoms with Crippen LogP contribution in [0.3, 0.4) is 0 Å². The number of nitrogens with zero attached hydrogens (tertiary/aromatic N) is 5. The van der Waals surface area contributed by atoms with Gasteiger partial charge in [-0.2, -0.15) is 0 Å². The Bertz CT molecular complexity index is 697. The Hall–Kier alpha value is -0.990. The third-order valence-electron chi connectivity index (χ3n) is 5.64. The van der Waals surface area contributed by atoms with Crippen LogP contribution in [0.15, 0.2) is 6.33 Å². The third-order valence-corrected chi connectivity index (χ3v) is 7.34. The summed E-state index contributed by atoms with van der Waals surface area (Å²) in [6.07, 6.45) is 4.38. The van der Waals surface area contributed by atoms with Crippen LogP contribution in [0.5, 0.6) is 0 Å². The number of hydrogen-bond donors (Lipinski definition) is 0. The molecule has 1 aromatic heterocycles. The SMILES string of the molecule is CC(C)n1cnnc1CN1CCN(CC2CC2)[C@@H]2CS(=O)(=O)C[C@@H]21. The number of piperazine rings is 1. The van der Waals surface area contributed by atoms with E-state index in [1.165, 1.54) is 12.8 Å². The summed E-state index contributed by atoms with van der Waals surface area (Å²) in [6, 6.07) is 0.564. The van der Waals surface area contributed by atoms with Crippen molar-refractivity contribution in [3.05, 3.63) is 12.2 Å². The molecule has 7 nitrogen and oxygen atoms in total. The smallest absolute Gasteiger partial charge is 0.153 e. The minimum atomic E-state index is -2.94. The maximum absolute atomic E-state index is 12.3. The summed E-state index contributed by atoms with van der Waals surface area (Å²) in [5.74, 6) is 2.33. The molecule has 0 N–H and O–H groups in total. The maximum atomic E-state index is 12.3. The number of sulfone groups is 1. The van der Waals surface area contributed by atoms with Gasteiger partial charge in [0, 0.05) is 37.8 Å². The third kappa shape index (κ3) is 3.23. The van der Waals surface area contributed by atoms with E-state index in [1.807, 2.05) is 0 Å². The zero-order valence-corrected chi connectivity index (χ0v) is 15.3. The van der Waals surface area contributed by atoms with Gasteiger partial charge in [-0.3, -0.25) is 9.80 Å². The van der Waals surface area contributed by atoms with E-state index in [9.17, 15) is 8.42 Å². The molecule has 1 aliphatic carbocycles. The molecule has 4 rings (SSSR count). The first kappa shape index (κ1) is 16.5. The highest BCUT2D eigenvalue weighted by molar-refractivity contribution is 7.91. The van der Waals surface area contributed by atoms with Gasteiger partial charge < -0.3 is 4.57 Å². The highest BCUT2D eigenvalue weighted by Crippen LogP contribution is 2.34. The minimum absolute atomic E-state index is 0.0970. The van der Waals surface area contributed by atoms with Gasteiger partial charge in [0.05, 0.1) is 18.1 Å². The molecule has 134 valence electrons. The molecule has 2 aliphatic heterocycles. The van der Waals surface area contributed by atoms with E-state index in [1.54, 1.807) is 6.33 Å². The lowest BCUT2D eigenvalue weighted by Gasteiger charge is -2.43. The Morgan fingerprint density at radius 2 is 1.83 bits per heavy atom. The Morgan fingerprint density at radius 3 is 2.50 bits per heavy atom. The highest BCUT2D eigenvalue weighted by atomic mass is 32.2. The van der Waals surface area contributed by atoms with Crippen molar-refractivity contribution >= 4 is 9.84 Å². The van der Waals surface area contributed by atoms with Gasteiger partial charge in [-0.25, -0.2) is 8.42 Å². The first-order valence-electron chi connectivity index (χ1n) is 9.00. The predicted molar refractivity (Wildman–Crippen MR) is 91.3 cm³/mol. The number of fused-ring (bicyclic) bond motifs is 1. The van der Waals surface area contributed by atoms with Gasteiger partial charge in [0.1, 0.15) is 12.2 Å². The first-order valence-corrected chi connectivity index (χ1v) is 10.8. The molecule has 3 aliphatic rings. The summed E-state index contributed by atoms with van der Waals surface area (Å²) in [5.41, 5.74) is 0. The van der Waals surface area contributed by atoms with Crippen molar-refractivity contribution in [2.75, 3.05) is 31.1 Å². The molecule has 0 aromatic carbocycles. The topological polar surface area (TPSA) is 71.3 Å². The second kappa shape index (κ2) is 6.07. The van der Waals surface area contributed by atoms with Crippen LogP contribution in [-0.2, 0) is 16.4 Å². The first-order chi connectivity index (χ1) is 11.4. The molecule has 24 heavy (non-hydrogen) atoms. The highest BCUT2D eigenvalue weighted by Gasteiger charge is 2.47. The number of hydrogen-bond acceptors (Lipinski definition) is 6. The lowest BCUT2D eigenvalue weighted by atomic mass is 10.0. The normalized spacial score (nSPS) is 30.8. The summed E-state index contributed by atoms with van der Waals surface area (Å²) in [7, 11) is -2.94. The Kier molecular flexibility index (Phi) is 4.17. The van der Waals surface area contributed by atoms with E-state index in [0.29, 0.717) is 18.3 Å². The van der Waals surface area contributed by atoms with Crippen LogP contribution < -0.4 is 0 Å². The van der Waals surface area contributed by atoms with E-state index >= 15 is 0 Å². The molecular formula is C16H27N5O2S. The van der Waals surface area contributed by atoms with Gasteiger partial charge in [-0.05, 0) is 32.6 Å². The van der Waals surface area contributed by atoms with Crippen molar-refractivity contribution in [3.8, 4) is 0 Å². The fourth-order valence-electron chi connectivity index (χ4n) is 4.14. The van der Waals surface area contributed by atoms with Crippen LogP contribution in [0.2, 0.25) is 0 Å². The van der Waals surface area contributed by atoms with Gasteiger partial charge in [0.25, 0.3) is 0 Å². The van der Waals surface area contributed by atoms with Crippen molar-refractivity contribution in [1.29, 1.82) is 0 Å². The molecule has 0 amide bonds. The van der Waals surface area contributed by atoms with Gasteiger partial charge >= 0.3 is 0 Å². The van der Waals surface area contributed by atoms with E-state index < -0.39 is 9.84 Å². The van der Waals surface area contributed by atoms with Gasteiger partial charge in [-0.1, -0.05) is 0 Å². The standard InChI is InChI=1S/C16H27N5O2S/c1-12(2)21-11-17-18-16(21)8-20-6-5-19(7-13-3-4-13)14-9-24(22,23)10-15(14)20/h11-15H,3-10H2,1-2H3/t14-,15+/m1/s1. The molecule has 1 saturated carbocycles. The quantitative estimate of drug-likeness (QED) is 0.770. The van der Waals surface area contributed by atoms with Crippen molar-refractivity contribution < 1.29 is 8.42 Å². The van der Waals surface area contributed by atoms with E-state index in [0.717, 1.165) is 31.4 Å². The summed E-state index contributed by atoms with van der Waals surface area (Å²) in [4.78, 5) is 4.76. The fraction of sp³-hybridized carbons (Fsp3) is 0.875. The monoisotopic (exact) mass is 353 g/mol. The van der Waals surface area contributed by atoms with Gasteiger partial charge in [0.2, 0.25) is 0 Å². The lowest BCUT2D eigenvalue weighted by Crippen LogP contribution is -2.59. The van der Waals surface area contributed by atoms with Crippen LogP contribution in [0.25, 0.3) is 0 Å². The molecule has 3 fully saturated rings. The zero-order valence-electron chi connectivity index (χ0n) is 14.5. The van der Waals surface area contributed by atoms with Gasteiger partial charge in [-0.15, -0.1) is 10.2 Å². The Morgan fingerprint density at radius 1 is 1.17 bits per heavy atom. The van der Waals surface area contributed by atoms with E-state index in [4.69, 9.17) is 0 Å². The van der Waals surface area contributed by atoms with Crippen LogP contribution in [0.1, 0.15) is 38.6 Å². The van der Waals surface area contributed by atoms with Gasteiger partial charge in [0.15, 0.2) is 9.84 Å². The molecular weight excluding hydrogens is 326 g/mol. The Labute approximate surface area is 143 Å². The molecule has 0 bridgehead atoms. The maximum Gasteiger partial charge on any atom is 0.153 e. The molecule has 1 aromatic rings. The van der Waals surface area contributed by atoms with Crippen molar-refractivity contribution in [2.24, 2.45) is 5.92 Å². The second-order valence-electron chi connectivity index (χ2n) is 7.87. The minimum Gasteiger partial charge on any atom is -0.314 e. The van der Waals surface area contributed by atoms with E-state index in [2.05, 4.69) is 38.4 Å². The molecule has 0 radical (unpaired) electrons. The summed E-state index contributed by atoms with van der Waals surface area (Å²) in [5, 5.41) is 8.31. The fourth-order valence-corrected chi connectivity index (χ4v) is 6.19. The molecule has 3 heterocycles. The molecule has 8 heteroatoms. The predicted octanol–water partition coefficient (Wildman–Crippen LogP) is 0.552. The summed E-state index contributed by atoms with van der Waals surface area (Å²) >= 11 is 0. The average molecular weight is 353 g/mol. The summed E-state index contributed by atoms with van der Waals surface area (Å²) in [6.45, 7) is 7.86. The molecule has 0 unspecified atom stereocenters. The van der Waals surface area contributed by atoms with Crippen molar-refractivity contribution in [1.82, 2.24) is 24.6 Å². The van der Waals surface area contributed by atoms with Crippen LogP contribution in [0, 0.1) is 5.92 Å². The van der Waals surface area contributed by atoms with Crippen LogP contribution in [-0.4, -0.2) is 76.2 Å². The average Bonchev–Trinajstić information content (AvgIpc) is 3.07. The molecule has 0 spiro atoms. The molecule has 2 atom stereocenters. The zero-order chi connectivity index (χ0) is 16.9. The van der Waals surface area contributed by atoms with Crippen molar-refractivity contribution in [2.45, 2.75) is 51.4 Å². The number of aromatic nitrogens is 3. The molecule has 2 saturated heterocycles. The van der Waals surface area contributed by atoms with Crippen LogP contribution in [0.4, 0.5) is 0 Å². The lowest BCUT2D eigenvalue weighted by molar-refractivity contribution is 0.0353. The summed E-state index contributed by atoms with van der Waals surface area (Å²) < 4.78 is 26.6. The van der Waals surface area contributed by atoms with Crippen molar-refractivity contribution in [3.63, 3.8) is 0 Å². The number of rotatable bonds is 5. The van der Waals surface area contributed by atoms with Crippen LogP contribution >= 0.6 is 0 Å².